The van der Waals surface area contributed by atoms with E-state index in [1.165, 1.54) is 25.3 Å². The number of benzene rings is 2. The van der Waals surface area contributed by atoms with Crippen LogP contribution in [0.15, 0.2) is 36.4 Å². The molecule has 0 heterocycles. The van der Waals surface area contributed by atoms with Crippen LogP contribution in [-0.2, 0) is 0 Å². The average Bonchev–Trinajstić information content (AvgIpc) is 2.46. The second kappa shape index (κ2) is 5.40. The molecule has 2 aromatic rings. The van der Waals surface area contributed by atoms with Crippen LogP contribution in [0.1, 0.15) is 5.56 Å². The first-order chi connectivity index (χ1) is 9.19. The molecule has 0 spiro atoms. The Morgan fingerprint density at radius 3 is 2.42 bits per heavy atom. The zero-order valence-electron chi connectivity index (χ0n) is 10.6. The van der Waals surface area contributed by atoms with Gasteiger partial charge in [-0.25, -0.2) is 4.39 Å². The molecule has 0 unspecified atom stereocenters. The van der Waals surface area contributed by atoms with Crippen LogP contribution in [0.5, 0.6) is 11.5 Å². The van der Waals surface area contributed by atoms with Crippen molar-refractivity contribution in [3.8, 4) is 28.7 Å². The number of hydrogen-bond acceptors (Lipinski definition) is 3. The van der Waals surface area contributed by atoms with Crippen molar-refractivity contribution in [1.82, 2.24) is 0 Å². The first-order valence-electron chi connectivity index (χ1n) is 5.61. The summed E-state index contributed by atoms with van der Waals surface area (Å²) in [4.78, 5) is 0. The van der Waals surface area contributed by atoms with E-state index in [4.69, 9.17) is 14.7 Å². The predicted molar refractivity (Wildman–Crippen MR) is 69.7 cm³/mol. The van der Waals surface area contributed by atoms with E-state index in [0.717, 1.165) is 0 Å². The first kappa shape index (κ1) is 12.9. The Labute approximate surface area is 110 Å². The van der Waals surface area contributed by atoms with Gasteiger partial charge in [-0.05, 0) is 30.3 Å². The molecule has 0 saturated carbocycles. The molecule has 0 aliphatic rings. The van der Waals surface area contributed by atoms with Crippen molar-refractivity contribution in [1.29, 1.82) is 5.26 Å². The Morgan fingerprint density at radius 1 is 1.00 bits per heavy atom. The third kappa shape index (κ3) is 2.50. The third-order valence-electron chi connectivity index (χ3n) is 2.80. The molecule has 0 fully saturated rings. The van der Waals surface area contributed by atoms with Crippen molar-refractivity contribution in [3.63, 3.8) is 0 Å². The number of rotatable bonds is 3. The lowest BCUT2D eigenvalue weighted by molar-refractivity contribution is 0.395. The quantitative estimate of drug-likeness (QED) is 0.846. The molecule has 4 heteroatoms. The summed E-state index contributed by atoms with van der Waals surface area (Å²) in [6.45, 7) is 0. The molecule has 0 saturated heterocycles. The minimum Gasteiger partial charge on any atom is -0.497 e. The summed E-state index contributed by atoms with van der Waals surface area (Å²) in [7, 11) is 3.07. The molecule has 0 amide bonds. The monoisotopic (exact) mass is 257 g/mol. The number of nitrogens with zero attached hydrogens (tertiary/aromatic N) is 1. The third-order valence-corrected chi connectivity index (χ3v) is 2.80. The molecule has 0 aliphatic carbocycles. The molecule has 19 heavy (non-hydrogen) atoms. The number of halogens is 1. The molecule has 0 N–H and O–H groups in total. The van der Waals surface area contributed by atoms with Crippen LogP contribution >= 0.6 is 0 Å². The van der Waals surface area contributed by atoms with Gasteiger partial charge in [0.15, 0.2) is 0 Å². The normalized spacial score (nSPS) is 9.79. The van der Waals surface area contributed by atoms with Crippen molar-refractivity contribution < 1.29 is 13.9 Å². The maximum absolute atomic E-state index is 13.4. The number of methoxy groups -OCH3 is 2. The van der Waals surface area contributed by atoms with Crippen LogP contribution in [0.25, 0.3) is 11.1 Å². The van der Waals surface area contributed by atoms with Gasteiger partial charge in [-0.15, -0.1) is 0 Å². The summed E-state index contributed by atoms with van der Waals surface area (Å²) < 4.78 is 23.8. The van der Waals surface area contributed by atoms with Gasteiger partial charge in [0.05, 0.1) is 25.9 Å². The molecule has 0 radical (unpaired) electrons. The molecule has 3 nitrogen and oxygen atoms in total. The predicted octanol–water partition coefficient (Wildman–Crippen LogP) is 3.38. The topological polar surface area (TPSA) is 42.2 Å². The second-order valence-electron chi connectivity index (χ2n) is 3.87. The van der Waals surface area contributed by atoms with Crippen molar-refractivity contribution in [2.24, 2.45) is 0 Å². The molecule has 0 aliphatic heterocycles. The summed E-state index contributed by atoms with van der Waals surface area (Å²) in [5.74, 6) is 0.767. The Kier molecular flexibility index (Phi) is 3.67. The van der Waals surface area contributed by atoms with E-state index in [1.807, 2.05) is 6.07 Å². The van der Waals surface area contributed by atoms with E-state index in [2.05, 4.69) is 0 Å². The average molecular weight is 257 g/mol. The summed E-state index contributed by atoms with van der Waals surface area (Å²) in [6, 6.07) is 11.3. The lowest BCUT2D eigenvalue weighted by Gasteiger charge is -2.11. The van der Waals surface area contributed by atoms with Gasteiger partial charge in [0.1, 0.15) is 17.3 Å². The fraction of sp³-hybridized carbons (Fsp3) is 0.133. The first-order valence-corrected chi connectivity index (χ1v) is 5.61. The smallest absolute Gasteiger partial charge is 0.130 e. The fourth-order valence-electron chi connectivity index (χ4n) is 1.86. The van der Waals surface area contributed by atoms with E-state index in [9.17, 15) is 4.39 Å². The van der Waals surface area contributed by atoms with Gasteiger partial charge < -0.3 is 9.47 Å². The summed E-state index contributed by atoms with van der Waals surface area (Å²) in [5.41, 5.74) is 1.55. The maximum Gasteiger partial charge on any atom is 0.130 e. The van der Waals surface area contributed by atoms with Gasteiger partial charge in [-0.1, -0.05) is 0 Å². The Balaban J connectivity index is 2.65. The minimum atomic E-state index is -0.396. The molecule has 2 rings (SSSR count). The molecular weight excluding hydrogens is 245 g/mol. The fourth-order valence-corrected chi connectivity index (χ4v) is 1.86. The highest BCUT2D eigenvalue weighted by molar-refractivity contribution is 5.76. The standard InChI is InChI=1S/C15H12FNO2/c1-18-12-5-6-13(15(8-12)19-2)14-7-11(16)4-3-10(14)9-17/h3-8H,1-2H3. The molecule has 0 atom stereocenters. The molecule has 96 valence electrons. The van der Waals surface area contributed by atoms with Crippen LogP contribution in [0.3, 0.4) is 0 Å². The van der Waals surface area contributed by atoms with Crippen molar-refractivity contribution in [2.45, 2.75) is 0 Å². The van der Waals surface area contributed by atoms with Gasteiger partial charge >= 0.3 is 0 Å². The van der Waals surface area contributed by atoms with E-state index >= 15 is 0 Å². The van der Waals surface area contributed by atoms with E-state index in [0.29, 0.717) is 28.2 Å². The Bertz CT molecular complexity index is 647. The Morgan fingerprint density at radius 2 is 1.79 bits per heavy atom. The Hall–Kier alpha value is -2.54. The van der Waals surface area contributed by atoms with Crippen LogP contribution in [0, 0.1) is 17.1 Å². The number of ether oxygens (including phenoxy) is 2. The highest BCUT2D eigenvalue weighted by Gasteiger charge is 2.12. The van der Waals surface area contributed by atoms with Gasteiger partial charge in [0.2, 0.25) is 0 Å². The van der Waals surface area contributed by atoms with Crippen LogP contribution in [-0.4, -0.2) is 14.2 Å². The van der Waals surface area contributed by atoms with E-state index in [1.54, 1.807) is 25.3 Å². The summed E-state index contributed by atoms with van der Waals surface area (Å²) in [6.07, 6.45) is 0. The molecule has 0 aromatic heterocycles. The lowest BCUT2D eigenvalue weighted by Crippen LogP contribution is -1.93. The van der Waals surface area contributed by atoms with Gasteiger partial charge in [-0.2, -0.15) is 5.26 Å². The van der Waals surface area contributed by atoms with Crippen molar-refractivity contribution in [2.75, 3.05) is 14.2 Å². The zero-order valence-corrected chi connectivity index (χ0v) is 10.6. The summed E-state index contributed by atoms with van der Waals surface area (Å²) in [5, 5.41) is 9.10. The van der Waals surface area contributed by atoms with Gasteiger partial charge in [0.25, 0.3) is 0 Å². The number of hydrogen-bond donors (Lipinski definition) is 0. The minimum absolute atomic E-state index is 0.393. The van der Waals surface area contributed by atoms with Crippen molar-refractivity contribution in [3.05, 3.63) is 47.8 Å². The highest BCUT2D eigenvalue weighted by Crippen LogP contribution is 2.35. The van der Waals surface area contributed by atoms with Crippen LogP contribution < -0.4 is 9.47 Å². The molecule has 2 aromatic carbocycles. The van der Waals surface area contributed by atoms with Crippen LogP contribution in [0.4, 0.5) is 4.39 Å². The van der Waals surface area contributed by atoms with E-state index in [-0.39, 0.29) is 0 Å². The zero-order chi connectivity index (χ0) is 13.8. The second-order valence-corrected chi connectivity index (χ2v) is 3.87. The molecule has 0 bridgehead atoms. The van der Waals surface area contributed by atoms with Crippen LogP contribution in [0.2, 0.25) is 0 Å². The number of nitriles is 1. The SMILES string of the molecule is COc1ccc(-c2cc(F)ccc2C#N)c(OC)c1. The maximum atomic E-state index is 13.4. The van der Waals surface area contributed by atoms with Gasteiger partial charge in [-0.3, -0.25) is 0 Å². The molecular formula is C15H12FNO2. The largest absolute Gasteiger partial charge is 0.497 e. The van der Waals surface area contributed by atoms with Crippen molar-refractivity contribution >= 4 is 0 Å². The highest BCUT2D eigenvalue weighted by atomic mass is 19.1. The summed E-state index contributed by atoms with van der Waals surface area (Å²) >= 11 is 0. The lowest BCUT2D eigenvalue weighted by atomic mass is 9.99. The van der Waals surface area contributed by atoms with E-state index < -0.39 is 5.82 Å². The van der Waals surface area contributed by atoms with Gasteiger partial charge in [0, 0.05) is 17.2 Å².